The average molecular weight is 454 g/mol. The molecule has 7 heteroatoms. The van der Waals surface area contributed by atoms with Gasteiger partial charge in [0.1, 0.15) is 0 Å². The maximum absolute atomic E-state index is 13.1. The lowest BCUT2D eigenvalue weighted by atomic mass is 9.84. The molecule has 0 spiro atoms. The molecule has 1 saturated heterocycles. The van der Waals surface area contributed by atoms with Gasteiger partial charge in [-0.1, -0.05) is 30.3 Å². The van der Waals surface area contributed by atoms with E-state index in [4.69, 9.17) is 0 Å². The Kier molecular flexibility index (Phi) is 7.14. The van der Waals surface area contributed by atoms with E-state index in [-0.39, 0.29) is 17.9 Å². The third-order valence-corrected chi connectivity index (χ3v) is 7.44. The fourth-order valence-corrected chi connectivity index (χ4v) is 5.53. The van der Waals surface area contributed by atoms with Crippen LogP contribution in [0.15, 0.2) is 58.0 Å². The highest BCUT2D eigenvalue weighted by atomic mass is 32.1. The predicted octanol–water partition coefficient (Wildman–Crippen LogP) is 4.37. The smallest absolute Gasteiger partial charge is 0.254 e. The largest absolute Gasteiger partial charge is 0.342 e. The lowest BCUT2D eigenvalue weighted by Gasteiger charge is -2.40. The number of carbonyl (C=O) groups excluding carboxylic acids is 2. The summed E-state index contributed by atoms with van der Waals surface area (Å²) < 4.78 is 0. The number of amides is 2. The average Bonchev–Trinajstić information content (AvgIpc) is 3.52. The zero-order valence-electron chi connectivity index (χ0n) is 17.6. The fraction of sp³-hybridized carbons (Fsp3) is 0.375. The summed E-state index contributed by atoms with van der Waals surface area (Å²) in [5, 5.41) is 5.80. The molecule has 2 aromatic heterocycles. The van der Waals surface area contributed by atoms with E-state index in [1.54, 1.807) is 16.8 Å². The number of benzene rings is 1. The molecule has 3 heterocycles. The maximum atomic E-state index is 13.1. The van der Waals surface area contributed by atoms with Gasteiger partial charge in [0.15, 0.2) is 0 Å². The molecule has 162 valence electrons. The molecule has 0 bridgehead atoms. The quantitative estimate of drug-likeness (QED) is 0.534. The minimum absolute atomic E-state index is 0.0734. The monoisotopic (exact) mass is 453 g/mol. The van der Waals surface area contributed by atoms with Crippen LogP contribution in [0, 0.1) is 5.92 Å². The molecule has 5 nitrogen and oxygen atoms in total. The van der Waals surface area contributed by atoms with Gasteiger partial charge in [-0.2, -0.15) is 11.3 Å². The molecule has 0 saturated carbocycles. The molecule has 1 aromatic carbocycles. The first-order valence-electron chi connectivity index (χ1n) is 10.6. The van der Waals surface area contributed by atoms with Crippen LogP contribution in [0.4, 0.5) is 0 Å². The molecule has 1 unspecified atom stereocenters. The van der Waals surface area contributed by atoms with Crippen molar-refractivity contribution in [2.45, 2.75) is 31.7 Å². The van der Waals surface area contributed by atoms with E-state index in [0.717, 1.165) is 43.6 Å². The van der Waals surface area contributed by atoms with Crippen LogP contribution in [-0.2, 0) is 17.6 Å². The summed E-state index contributed by atoms with van der Waals surface area (Å²) in [7, 11) is 1.92. The second kappa shape index (κ2) is 10.2. The molecule has 1 aliphatic heterocycles. The zero-order chi connectivity index (χ0) is 21.6. The summed E-state index contributed by atoms with van der Waals surface area (Å²) in [5.41, 5.74) is 4.60. The van der Waals surface area contributed by atoms with Gasteiger partial charge < -0.3 is 9.80 Å². The molecule has 1 atom stereocenters. The van der Waals surface area contributed by atoms with Crippen LogP contribution < -0.4 is 0 Å². The molecule has 4 rings (SSSR count). The van der Waals surface area contributed by atoms with E-state index in [1.807, 2.05) is 57.3 Å². The van der Waals surface area contributed by atoms with Crippen LogP contribution in [0.2, 0.25) is 0 Å². The highest BCUT2D eigenvalue weighted by Crippen LogP contribution is 2.28. The number of thiazole rings is 1. The molecule has 0 radical (unpaired) electrons. The Balaban J connectivity index is 1.44. The third-order valence-electron chi connectivity index (χ3n) is 6.13. The van der Waals surface area contributed by atoms with Crippen LogP contribution in [0.1, 0.15) is 34.5 Å². The first-order valence-corrected chi connectivity index (χ1v) is 12.5. The number of hydrogen-bond donors (Lipinski definition) is 0. The number of carbonyl (C=O) groups is 2. The molecular weight excluding hydrogens is 426 g/mol. The number of piperidine rings is 1. The highest BCUT2D eigenvalue weighted by molar-refractivity contribution is 7.08. The van der Waals surface area contributed by atoms with Gasteiger partial charge in [-0.15, -0.1) is 11.3 Å². The van der Waals surface area contributed by atoms with Gasteiger partial charge in [0.25, 0.3) is 5.91 Å². The maximum Gasteiger partial charge on any atom is 0.254 e. The minimum Gasteiger partial charge on any atom is -0.342 e. The second-order valence-electron chi connectivity index (χ2n) is 8.06. The van der Waals surface area contributed by atoms with E-state index in [0.29, 0.717) is 12.3 Å². The van der Waals surface area contributed by atoms with Crippen molar-refractivity contribution in [3.05, 3.63) is 74.9 Å². The summed E-state index contributed by atoms with van der Waals surface area (Å²) in [4.78, 5) is 33.9. The number of aromatic nitrogens is 1. The van der Waals surface area contributed by atoms with Crippen molar-refractivity contribution in [1.82, 2.24) is 14.8 Å². The van der Waals surface area contributed by atoms with Gasteiger partial charge >= 0.3 is 0 Å². The van der Waals surface area contributed by atoms with Gasteiger partial charge in [0, 0.05) is 36.9 Å². The van der Waals surface area contributed by atoms with E-state index in [1.165, 1.54) is 16.9 Å². The van der Waals surface area contributed by atoms with Crippen molar-refractivity contribution >= 4 is 34.5 Å². The van der Waals surface area contributed by atoms with Crippen molar-refractivity contribution in [1.29, 1.82) is 0 Å². The Bertz CT molecular complexity index is 966. The Hall–Kier alpha value is -2.51. The van der Waals surface area contributed by atoms with E-state index < -0.39 is 0 Å². The van der Waals surface area contributed by atoms with E-state index >= 15 is 0 Å². The normalized spacial score (nSPS) is 15.6. The summed E-state index contributed by atoms with van der Waals surface area (Å²) >= 11 is 3.06. The van der Waals surface area contributed by atoms with Crippen molar-refractivity contribution in [3.8, 4) is 0 Å². The van der Waals surface area contributed by atoms with Gasteiger partial charge in [0.05, 0.1) is 23.2 Å². The third kappa shape index (κ3) is 5.40. The van der Waals surface area contributed by atoms with Crippen molar-refractivity contribution in [3.63, 3.8) is 0 Å². The number of hydrogen-bond acceptors (Lipinski definition) is 5. The number of likely N-dealkylation sites (N-methyl/N-ethyl adjacent to an activating group) is 1. The summed E-state index contributed by atoms with van der Waals surface area (Å²) in [5.74, 6) is 0.576. The second-order valence-corrected chi connectivity index (χ2v) is 9.56. The number of rotatable bonds is 7. The number of thiophene rings is 1. The van der Waals surface area contributed by atoms with Crippen LogP contribution in [0.5, 0.6) is 0 Å². The Morgan fingerprint density at radius 2 is 1.90 bits per heavy atom. The van der Waals surface area contributed by atoms with E-state index in [9.17, 15) is 9.59 Å². The van der Waals surface area contributed by atoms with Crippen LogP contribution in [0.25, 0.3) is 0 Å². The highest BCUT2D eigenvalue weighted by Gasteiger charge is 2.33. The molecular formula is C24H27N3O2S2. The minimum atomic E-state index is 0.0734. The Labute approximate surface area is 191 Å². The summed E-state index contributed by atoms with van der Waals surface area (Å²) in [6.07, 6.45) is 3.01. The molecule has 1 aliphatic rings. The number of nitrogens with zero attached hydrogens (tertiary/aromatic N) is 3. The summed E-state index contributed by atoms with van der Waals surface area (Å²) in [6, 6.07) is 12.4. The van der Waals surface area contributed by atoms with Crippen LogP contribution in [-0.4, -0.2) is 52.8 Å². The Morgan fingerprint density at radius 3 is 2.55 bits per heavy atom. The topological polar surface area (TPSA) is 53.5 Å². The van der Waals surface area contributed by atoms with Gasteiger partial charge in [-0.25, -0.2) is 4.98 Å². The van der Waals surface area contributed by atoms with Crippen LogP contribution in [0.3, 0.4) is 0 Å². The molecule has 31 heavy (non-hydrogen) atoms. The zero-order valence-corrected chi connectivity index (χ0v) is 19.3. The first kappa shape index (κ1) is 21.7. The standard InChI is InChI=1S/C24H27N3O2S2/c1-26(24(29)20-9-12-30-15-20)22(13-18-5-3-2-4-6-18)19-7-10-27(11-8-19)23(28)14-21-16-31-17-25-21/h2-6,9,12,15-17,19,22H,7-8,10-11,13-14H2,1H3. The lowest BCUT2D eigenvalue weighted by molar-refractivity contribution is -0.132. The lowest BCUT2D eigenvalue weighted by Crippen LogP contribution is -2.48. The van der Waals surface area contributed by atoms with Gasteiger partial charge in [-0.3, -0.25) is 9.59 Å². The van der Waals surface area contributed by atoms with Crippen LogP contribution >= 0.6 is 22.7 Å². The fourth-order valence-electron chi connectivity index (χ4n) is 4.34. The molecule has 3 aromatic rings. The van der Waals surface area contributed by atoms with Crippen molar-refractivity contribution in [2.75, 3.05) is 20.1 Å². The van der Waals surface area contributed by atoms with Gasteiger partial charge in [0.2, 0.25) is 5.91 Å². The molecule has 0 aliphatic carbocycles. The molecule has 2 amide bonds. The van der Waals surface area contributed by atoms with Crippen molar-refractivity contribution in [2.24, 2.45) is 5.92 Å². The SMILES string of the molecule is CN(C(=O)c1ccsc1)C(Cc1ccccc1)C1CCN(C(=O)Cc2cscn2)CC1. The van der Waals surface area contributed by atoms with Crippen molar-refractivity contribution < 1.29 is 9.59 Å². The number of likely N-dealkylation sites (tertiary alicyclic amines) is 1. The first-order chi connectivity index (χ1) is 15.1. The molecule has 1 fully saturated rings. The van der Waals surface area contributed by atoms with Gasteiger partial charge in [-0.05, 0) is 42.2 Å². The summed E-state index contributed by atoms with van der Waals surface area (Å²) in [6.45, 7) is 1.47. The predicted molar refractivity (Wildman–Crippen MR) is 125 cm³/mol. The van der Waals surface area contributed by atoms with E-state index in [2.05, 4.69) is 17.1 Å². The molecule has 0 N–H and O–H groups in total. The Morgan fingerprint density at radius 1 is 1.13 bits per heavy atom.